The molecule has 3 heterocycles. The van der Waals surface area contributed by atoms with Gasteiger partial charge in [0.15, 0.2) is 0 Å². The lowest BCUT2D eigenvalue weighted by molar-refractivity contribution is 0.0288. The Balaban J connectivity index is 1.82. The number of fused-ring (bicyclic) bond motifs is 1. The fourth-order valence-electron chi connectivity index (χ4n) is 3.71. The number of rotatable bonds is 5. The van der Waals surface area contributed by atoms with Crippen LogP contribution in [0.5, 0.6) is 0 Å². The molecule has 0 spiro atoms. The molecule has 29 heavy (non-hydrogen) atoms. The number of hydrogen-bond donors (Lipinski definition) is 4. The minimum Gasteiger partial charge on any atom is -0.389 e. The standard InChI is InChI=1S/C22H25N5O2/c1-22(2,29)13-27-11-9-16-18(21(27)28)20(25-15-6-4-3-5-7-15)19(26-16)14-8-10-24-17(23)12-14/h3-8,10,12,25-26,29H,9,11,13H2,1-2H3,(H2,23,24). The fraction of sp³-hybridized carbons (Fsp3) is 0.273. The molecule has 1 aromatic carbocycles. The van der Waals surface area contributed by atoms with Crippen LogP contribution in [0, 0.1) is 0 Å². The molecule has 1 aliphatic rings. The van der Waals surface area contributed by atoms with Crippen molar-refractivity contribution in [2.45, 2.75) is 25.9 Å². The number of amides is 1. The minimum absolute atomic E-state index is 0.101. The first-order valence-electron chi connectivity index (χ1n) is 9.62. The zero-order valence-corrected chi connectivity index (χ0v) is 16.6. The molecule has 0 fully saturated rings. The molecule has 7 heteroatoms. The van der Waals surface area contributed by atoms with Crippen molar-refractivity contribution in [2.24, 2.45) is 0 Å². The Morgan fingerprint density at radius 3 is 2.72 bits per heavy atom. The van der Waals surface area contributed by atoms with Crippen LogP contribution in [-0.2, 0) is 6.42 Å². The minimum atomic E-state index is -0.959. The third-order valence-corrected chi connectivity index (χ3v) is 4.90. The Morgan fingerprint density at radius 2 is 2.03 bits per heavy atom. The van der Waals surface area contributed by atoms with Crippen LogP contribution in [0.3, 0.4) is 0 Å². The first-order chi connectivity index (χ1) is 13.8. The Morgan fingerprint density at radius 1 is 1.28 bits per heavy atom. The summed E-state index contributed by atoms with van der Waals surface area (Å²) in [6, 6.07) is 13.4. The molecule has 0 atom stereocenters. The van der Waals surface area contributed by atoms with Gasteiger partial charge in [-0.25, -0.2) is 4.98 Å². The second-order valence-corrected chi connectivity index (χ2v) is 7.98. The van der Waals surface area contributed by atoms with Gasteiger partial charge < -0.3 is 26.0 Å². The Kier molecular flexibility index (Phi) is 4.76. The molecule has 1 aliphatic heterocycles. The number of nitrogens with two attached hydrogens (primary N) is 1. The van der Waals surface area contributed by atoms with E-state index in [0.717, 1.165) is 22.6 Å². The highest BCUT2D eigenvalue weighted by Crippen LogP contribution is 2.38. The summed E-state index contributed by atoms with van der Waals surface area (Å²) in [5.41, 5.74) is 9.66. The molecule has 7 nitrogen and oxygen atoms in total. The number of aromatic amines is 1. The summed E-state index contributed by atoms with van der Waals surface area (Å²) in [6.45, 7) is 4.25. The Bertz CT molecular complexity index is 1040. The fourth-order valence-corrected chi connectivity index (χ4v) is 3.71. The van der Waals surface area contributed by atoms with Gasteiger partial charge in [-0.05, 0) is 38.1 Å². The number of nitrogens with zero attached hydrogens (tertiary/aromatic N) is 2. The van der Waals surface area contributed by atoms with Gasteiger partial charge in [-0.15, -0.1) is 0 Å². The second-order valence-electron chi connectivity index (χ2n) is 7.98. The van der Waals surface area contributed by atoms with Crippen LogP contribution in [0.2, 0.25) is 0 Å². The molecular formula is C22H25N5O2. The third kappa shape index (κ3) is 3.95. The van der Waals surface area contributed by atoms with E-state index in [0.29, 0.717) is 30.0 Å². The van der Waals surface area contributed by atoms with Gasteiger partial charge in [-0.1, -0.05) is 18.2 Å². The van der Waals surface area contributed by atoms with Crippen molar-refractivity contribution in [2.75, 3.05) is 24.1 Å². The summed E-state index contributed by atoms with van der Waals surface area (Å²) < 4.78 is 0. The molecule has 0 radical (unpaired) electrons. The average molecular weight is 391 g/mol. The van der Waals surface area contributed by atoms with Crippen LogP contribution in [-0.4, -0.2) is 44.6 Å². The van der Waals surface area contributed by atoms with Crippen molar-refractivity contribution in [1.29, 1.82) is 0 Å². The van der Waals surface area contributed by atoms with E-state index >= 15 is 0 Å². The number of aromatic nitrogens is 2. The first-order valence-corrected chi connectivity index (χ1v) is 9.62. The van der Waals surface area contributed by atoms with Gasteiger partial charge >= 0.3 is 0 Å². The van der Waals surface area contributed by atoms with Crippen LogP contribution in [0.1, 0.15) is 29.9 Å². The van der Waals surface area contributed by atoms with E-state index in [1.165, 1.54) is 0 Å². The van der Waals surface area contributed by atoms with Gasteiger partial charge in [0.25, 0.3) is 5.91 Å². The van der Waals surface area contributed by atoms with Crippen LogP contribution in [0.15, 0.2) is 48.7 Å². The summed E-state index contributed by atoms with van der Waals surface area (Å²) in [4.78, 5) is 22.5. The zero-order chi connectivity index (χ0) is 20.6. The summed E-state index contributed by atoms with van der Waals surface area (Å²) in [6.07, 6.45) is 2.33. The predicted molar refractivity (Wildman–Crippen MR) is 114 cm³/mol. The van der Waals surface area contributed by atoms with E-state index in [4.69, 9.17) is 5.73 Å². The van der Waals surface area contributed by atoms with Crippen LogP contribution in [0.25, 0.3) is 11.3 Å². The molecule has 0 bridgehead atoms. The number of benzene rings is 1. The van der Waals surface area contributed by atoms with Gasteiger partial charge in [0.2, 0.25) is 0 Å². The lowest BCUT2D eigenvalue weighted by atomic mass is 10.0. The number of carbonyl (C=O) groups excluding carboxylic acids is 1. The highest BCUT2D eigenvalue weighted by molar-refractivity contribution is 6.06. The maximum absolute atomic E-state index is 13.3. The molecule has 150 valence electrons. The number of carbonyl (C=O) groups is 1. The second kappa shape index (κ2) is 7.25. The highest BCUT2D eigenvalue weighted by atomic mass is 16.3. The summed E-state index contributed by atoms with van der Waals surface area (Å²) in [7, 11) is 0. The number of para-hydroxylation sites is 1. The molecule has 0 saturated heterocycles. The van der Waals surface area contributed by atoms with Crippen molar-refractivity contribution < 1.29 is 9.90 Å². The number of hydrogen-bond acceptors (Lipinski definition) is 5. The van der Waals surface area contributed by atoms with Crippen molar-refractivity contribution in [3.8, 4) is 11.3 Å². The van der Waals surface area contributed by atoms with E-state index < -0.39 is 5.60 Å². The normalized spacial score (nSPS) is 14.0. The Hall–Kier alpha value is -3.32. The molecule has 0 aliphatic carbocycles. The lowest BCUT2D eigenvalue weighted by Crippen LogP contribution is -2.45. The molecule has 5 N–H and O–H groups in total. The van der Waals surface area contributed by atoms with E-state index in [-0.39, 0.29) is 12.5 Å². The molecule has 4 rings (SSSR count). The summed E-state index contributed by atoms with van der Waals surface area (Å²) >= 11 is 0. The first kappa shape index (κ1) is 19.0. The number of nitrogens with one attached hydrogen (secondary N) is 2. The molecule has 0 unspecified atom stereocenters. The highest BCUT2D eigenvalue weighted by Gasteiger charge is 2.33. The maximum atomic E-state index is 13.3. The number of β-amino-alcohol motifs (C(OH)–C–C–N with tert-alkyl or cyclic N) is 1. The van der Waals surface area contributed by atoms with Crippen LogP contribution < -0.4 is 11.1 Å². The van der Waals surface area contributed by atoms with Gasteiger partial charge in [0, 0.05) is 42.7 Å². The van der Waals surface area contributed by atoms with Gasteiger partial charge in [-0.2, -0.15) is 0 Å². The van der Waals surface area contributed by atoms with Crippen molar-refractivity contribution >= 4 is 23.1 Å². The van der Waals surface area contributed by atoms with E-state index in [1.54, 1.807) is 31.0 Å². The molecule has 0 saturated carbocycles. The zero-order valence-electron chi connectivity index (χ0n) is 16.6. The quantitative estimate of drug-likeness (QED) is 0.534. The lowest BCUT2D eigenvalue weighted by Gasteiger charge is -2.32. The van der Waals surface area contributed by atoms with E-state index in [9.17, 15) is 9.90 Å². The number of aliphatic hydroxyl groups is 1. The van der Waals surface area contributed by atoms with Crippen LogP contribution >= 0.6 is 0 Å². The van der Waals surface area contributed by atoms with E-state index in [2.05, 4.69) is 15.3 Å². The SMILES string of the molecule is CC(C)(O)CN1CCc2[nH]c(-c3ccnc(N)c3)c(Nc3ccccc3)c2C1=O. The molecule has 2 aromatic heterocycles. The van der Waals surface area contributed by atoms with Crippen molar-refractivity contribution in [3.63, 3.8) is 0 Å². The van der Waals surface area contributed by atoms with Crippen molar-refractivity contribution in [3.05, 3.63) is 59.9 Å². The van der Waals surface area contributed by atoms with Crippen LogP contribution in [0.4, 0.5) is 17.2 Å². The summed E-state index contributed by atoms with van der Waals surface area (Å²) in [5.74, 6) is 0.312. The number of nitrogen functional groups attached to an aromatic ring is 1. The number of anilines is 3. The van der Waals surface area contributed by atoms with Gasteiger partial charge in [0.05, 0.1) is 22.5 Å². The van der Waals surface area contributed by atoms with Gasteiger partial charge in [0.1, 0.15) is 5.82 Å². The van der Waals surface area contributed by atoms with Crippen molar-refractivity contribution in [1.82, 2.24) is 14.9 Å². The maximum Gasteiger partial charge on any atom is 0.257 e. The monoisotopic (exact) mass is 391 g/mol. The smallest absolute Gasteiger partial charge is 0.257 e. The van der Waals surface area contributed by atoms with Gasteiger partial charge in [-0.3, -0.25) is 4.79 Å². The molecule has 3 aromatic rings. The topological polar surface area (TPSA) is 107 Å². The molecule has 1 amide bonds. The number of pyridine rings is 1. The molecular weight excluding hydrogens is 366 g/mol. The largest absolute Gasteiger partial charge is 0.389 e. The third-order valence-electron chi connectivity index (χ3n) is 4.90. The summed E-state index contributed by atoms with van der Waals surface area (Å²) in [5, 5.41) is 13.6. The predicted octanol–water partition coefficient (Wildman–Crippen LogP) is 3.17. The van der Waals surface area contributed by atoms with E-state index in [1.807, 2.05) is 36.4 Å². The average Bonchev–Trinajstić information content (AvgIpc) is 3.03. The number of H-pyrrole nitrogens is 1. The Labute approximate surface area is 169 Å².